The fourth-order valence-corrected chi connectivity index (χ4v) is 3.25. The molecule has 8 heteroatoms. The Labute approximate surface area is 151 Å². The maximum Gasteiger partial charge on any atom is 0.434 e. The van der Waals surface area contributed by atoms with E-state index < -0.39 is 17.8 Å². The molecule has 0 aliphatic rings. The average Bonchev–Trinajstić information content (AvgIpc) is 3.07. The highest BCUT2D eigenvalue weighted by molar-refractivity contribution is 7.19. The minimum atomic E-state index is -4.62. The fraction of sp³-hybridized carbons (Fsp3) is 0.111. The van der Waals surface area contributed by atoms with Crippen LogP contribution in [0.1, 0.15) is 16.1 Å². The number of alkyl halides is 3. The zero-order valence-corrected chi connectivity index (χ0v) is 14.3. The van der Waals surface area contributed by atoms with Gasteiger partial charge in [0.05, 0.1) is 12.0 Å². The first-order valence-electron chi connectivity index (χ1n) is 7.47. The molecule has 1 N–H and O–H groups in total. The van der Waals surface area contributed by atoms with Gasteiger partial charge in [-0.15, -0.1) is 0 Å². The number of amides is 1. The lowest BCUT2D eigenvalue weighted by Gasteiger charge is -2.05. The first-order valence-corrected chi connectivity index (χ1v) is 8.29. The number of ether oxygens (including phenoxy) is 1. The molecule has 0 radical (unpaired) electrons. The largest absolute Gasteiger partial charge is 0.497 e. The molecule has 3 rings (SSSR count). The van der Waals surface area contributed by atoms with Crippen molar-refractivity contribution in [1.82, 2.24) is 4.98 Å². The number of thiazole rings is 1. The molecule has 2 aromatic carbocycles. The van der Waals surface area contributed by atoms with Crippen molar-refractivity contribution in [2.75, 3.05) is 12.4 Å². The van der Waals surface area contributed by atoms with E-state index in [0.29, 0.717) is 11.3 Å². The maximum atomic E-state index is 13.3. The Hall–Kier alpha value is -2.87. The van der Waals surface area contributed by atoms with Crippen molar-refractivity contribution in [3.8, 4) is 16.2 Å². The van der Waals surface area contributed by atoms with Crippen molar-refractivity contribution < 1.29 is 22.7 Å². The number of hydrogen-bond donors (Lipinski definition) is 1. The van der Waals surface area contributed by atoms with E-state index in [1.165, 1.54) is 19.2 Å². The van der Waals surface area contributed by atoms with E-state index in [9.17, 15) is 18.0 Å². The Balaban J connectivity index is 1.90. The Morgan fingerprint density at radius 3 is 2.31 bits per heavy atom. The molecule has 0 aliphatic carbocycles. The predicted molar refractivity (Wildman–Crippen MR) is 93.5 cm³/mol. The standard InChI is InChI=1S/C18H13F3N2O2S/c1-25-13-9-7-12(8-10-13)16(24)23-17-22-15(18(19,20)21)14(26-17)11-5-3-2-4-6-11/h2-10H,1H3,(H,22,23,24). The summed E-state index contributed by atoms with van der Waals surface area (Å²) in [6.07, 6.45) is -4.62. The van der Waals surface area contributed by atoms with Gasteiger partial charge in [0.15, 0.2) is 10.8 Å². The van der Waals surface area contributed by atoms with Gasteiger partial charge in [-0.1, -0.05) is 41.7 Å². The lowest BCUT2D eigenvalue weighted by Crippen LogP contribution is -2.12. The van der Waals surface area contributed by atoms with E-state index in [-0.39, 0.29) is 15.6 Å². The van der Waals surface area contributed by atoms with Gasteiger partial charge in [-0.3, -0.25) is 10.1 Å². The van der Waals surface area contributed by atoms with Crippen LogP contribution in [0.5, 0.6) is 5.75 Å². The second-order valence-corrected chi connectivity index (χ2v) is 6.24. The molecule has 0 bridgehead atoms. The van der Waals surface area contributed by atoms with Gasteiger partial charge >= 0.3 is 6.18 Å². The molecule has 1 amide bonds. The van der Waals surface area contributed by atoms with Gasteiger partial charge in [0.2, 0.25) is 0 Å². The maximum absolute atomic E-state index is 13.3. The summed E-state index contributed by atoms with van der Waals surface area (Å²) in [7, 11) is 1.49. The number of methoxy groups -OCH3 is 1. The second-order valence-electron chi connectivity index (χ2n) is 5.24. The number of anilines is 1. The summed E-state index contributed by atoms with van der Waals surface area (Å²) in [5, 5.41) is 2.31. The summed E-state index contributed by atoms with van der Waals surface area (Å²) in [5.41, 5.74) is -0.336. The van der Waals surface area contributed by atoms with Crippen molar-refractivity contribution in [3.63, 3.8) is 0 Å². The molecule has 0 unspecified atom stereocenters. The van der Waals surface area contributed by atoms with Crippen LogP contribution in [-0.4, -0.2) is 18.0 Å². The summed E-state index contributed by atoms with van der Waals surface area (Å²) >= 11 is 0.782. The number of aromatic nitrogens is 1. The minimum Gasteiger partial charge on any atom is -0.497 e. The fourth-order valence-electron chi connectivity index (χ4n) is 2.26. The third-order valence-electron chi connectivity index (χ3n) is 3.50. The number of nitrogens with one attached hydrogen (secondary N) is 1. The first-order chi connectivity index (χ1) is 12.4. The van der Waals surface area contributed by atoms with E-state index in [0.717, 1.165) is 11.3 Å². The number of benzene rings is 2. The molecule has 4 nitrogen and oxygen atoms in total. The summed E-state index contributed by atoms with van der Waals surface area (Å²) in [6.45, 7) is 0. The third-order valence-corrected chi connectivity index (χ3v) is 4.52. The molecular formula is C18H13F3N2O2S. The number of halogens is 3. The van der Waals surface area contributed by atoms with Gasteiger partial charge in [-0.25, -0.2) is 4.98 Å². The molecule has 0 atom stereocenters. The monoisotopic (exact) mass is 378 g/mol. The van der Waals surface area contributed by atoms with Gasteiger partial charge < -0.3 is 4.74 Å². The topological polar surface area (TPSA) is 51.2 Å². The summed E-state index contributed by atoms with van der Waals surface area (Å²) in [5.74, 6) is 0.0243. The van der Waals surface area contributed by atoms with E-state index in [4.69, 9.17) is 4.74 Å². The highest BCUT2D eigenvalue weighted by Crippen LogP contribution is 2.41. The van der Waals surface area contributed by atoms with Crippen molar-refractivity contribution in [1.29, 1.82) is 0 Å². The minimum absolute atomic E-state index is 0.0388. The van der Waals surface area contributed by atoms with Crippen molar-refractivity contribution in [3.05, 3.63) is 65.9 Å². The Bertz CT molecular complexity index is 906. The van der Waals surface area contributed by atoms with Crippen LogP contribution in [-0.2, 0) is 6.18 Å². The molecule has 0 saturated heterocycles. The van der Waals surface area contributed by atoms with E-state index >= 15 is 0 Å². The van der Waals surface area contributed by atoms with Gasteiger partial charge in [0, 0.05) is 5.56 Å². The second kappa shape index (κ2) is 7.17. The molecule has 1 heterocycles. The molecule has 0 spiro atoms. The third kappa shape index (κ3) is 3.85. The van der Waals surface area contributed by atoms with Gasteiger partial charge in [0.25, 0.3) is 5.91 Å². The van der Waals surface area contributed by atoms with Crippen LogP contribution in [0, 0.1) is 0 Å². The molecule has 0 saturated carbocycles. The molecule has 0 aliphatic heterocycles. The van der Waals surface area contributed by atoms with Crippen LogP contribution in [0.25, 0.3) is 10.4 Å². The molecular weight excluding hydrogens is 365 g/mol. The zero-order valence-electron chi connectivity index (χ0n) is 13.5. The first kappa shape index (κ1) is 17.9. The van der Waals surface area contributed by atoms with E-state index in [2.05, 4.69) is 10.3 Å². The average molecular weight is 378 g/mol. The van der Waals surface area contributed by atoms with E-state index in [1.54, 1.807) is 42.5 Å². The van der Waals surface area contributed by atoms with Crippen LogP contribution < -0.4 is 10.1 Å². The van der Waals surface area contributed by atoms with Crippen LogP contribution in [0.3, 0.4) is 0 Å². The van der Waals surface area contributed by atoms with Crippen molar-refractivity contribution in [2.45, 2.75) is 6.18 Å². The summed E-state index contributed by atoms with van der Waals surface area (Å²) < 4.78 is 44.9. The Morgan fingerprint density at radius 2 is 1.73 bits per heavy atom. The molecule has 26 heavy (non-hydrogen) atoms. The van der Waals surface area contributed by atoms with Crippen molar-refractivity contribution >= 4 is 22.4 Å². The highest BCUT2D eigenvalue weighted by atomic mass is 32.1. The molecule has 134 valence electrons. The lowest BCUT2D eigenvalue weighted by atomic mass is 10.1. The van der Waals surface area contributed by atoms with Crippen LogP contribution in [0.15, 0.2) is 54.6 Å². The number of rotatable bonds is 4. The molecule has 1 aromatic heterocycles. The Kier molecular flexibility index (Phi) is 4.94. The molecule has 3 aromatic rings. The SMILES string of the molecule is COc1ccc(C(=O)Nc2nc(C(F)(F)F)c(-c3ccccc3)s2)cc1. The van der Waals surface area contributed by atoms with E-state index in [1.807, 2.05) is 0 Å². The van der Waals surface area contributed by atoms with Crippen LogP contribution >= 0.6 is 11.3 Å². The smallest absolute Gasteiger partial charge is 0.434 e. The Morgan fingerprint density at radius 1 is 1.08 bits per heavy atom. The van der Waals surface area contributed by atoms with Crippen molar-refractivity contribution in [2.24, 2.45) is 0 Å². The number of carbonyl (C=O) groups excluding carboxylic acids is 1. The number of nitrogens with zero attached hydrogens (tertiary/aromatic N) is 1. The predicted octanol–water partition coefficient (Wildman–Crippen LogP) is 5.09. The number of hydrogen-bond acceptors (Lipinski definition) is 4. The summed E-state index contributed by atoms with van der Waals surface area (Å²) in [6, 6.07) is 14.4. The van der Waals surface area contributed by atoms with Gasteiger partial charge in [-0.2, -0.15) is 13.2 Å². The van der Waals surface area contributed by atoms with Crippen LogP contribution in [0.4, 0.5) is 18.3 Å². The highest BCUT2D eigenvalue weighted by Gasteiger charge is 2.38. The quantitative estimate of drug-likeness (QED) is 0.688. The van der Waals surface area contributed by atoms with Gasteiger partial charge in [0.1, 0.15) is 5.75 Å². The lowest BCUT2D eigenvalue weighted by molar-refractivity contribution is -0.140. The van der Waals surface area contributed by atoms with Crippen LogP contribution in [0.2, 0.25) is 0 Å². The zero-order chi connectivity index (χ0) is 18.7. The summed E-state index contributed by atoms with van der Waals surface area (Å²) in [4.78, 5) is 15.8. The number of carbonyl (C=O) groups is 1. The molecule has 0 fully saturated rings. The van der Waals surface area contributed by atoms with Gasteiger partial charge in [-0.05, 0) is 29.8 Å². The normalized spacial score (nSPS) is 11.2.